The smallest absolute Gasteiger partial charge is 0.221 e. The van der Waals surface area contributed by atoms with E-state index in [1.807, 2.05) is 0 Å². The molecule has 3 atom stereocenters. The van der Waals surface area contributed by atoms with Crippen molar-refractivity contribution in [1.29, 1.82) is 0 Å². The Bertz CT molecular complexity index is 545. The van der Waals surface area contributed by atoms with Gasteiger partial charge in [0.05, 0.1) is 12.8 Å². The van der Waals surface area contributed by atoms with Gasteiger partial charge in [-0.05, 0) is 26.2 Å². The number of rotatable bonds is 21. The first-order valence-corrected chi connectivity index (χ1v) is 14.4. The van der Waals surface area contributed by atoms with E-state index < -0.39 is 0 Å². The highest BCUT2D eigenvalue weighted by molar-refractivity contribution is 5.73. The van der Waals surface area contributed by atoms with Gasteiger partial charge in [0, 0.05) is 20.3 Å². The quantitative estimate of drug-likeness (QED) is 0.105. The Balaban J connectivity index is 2.00. The zero-order valence-corrected chi connectivity index (χ0v) is 22.6. The number of nitrogens with one attached hydrogen (secondary N) is 1. The number of allylic oxidation sites excluding steroid dienone is 2. The molecule has 4 nitrogen and oxygen atoms in total. The monoisotopic (exact) mass is 462 g/mol. The minimum absolute atomic E-state index is 0.0483. The molecule has 1 aliphatic heterocycles. The normalized spacial score (nSPS) is 21.2. The van der Waals surface area contributed by atoms with Crippen molar-refractivity contribution in [2.24, 2.45) is 4.99 Å². The van der Waals surface area contributed by atoms with Crippen LogP contribution in [0.4, 0.5) is 0 Å². The van der Waals surface area contributed by atoms with Crippen LogP contribution in [0.1, 0.15) is 137 Å². The van der Waals surface area contributed by atoms with Crippen LogP contribution in [0.2, 0.25) is 0 Å². The van der Waals surface area contributed by atoms with E-state index >= 15 is 0 Å². The van der Waals surface area contributed by atoms with E-state index in [1.54, 1.807) is 6.92 Å². The lowest BCUT2D eigenvalue weighted by molar-refractivity contribution is -0.959. The summed E-state index contributed by atoms with van der Waals surface area (Å²) in [5.41, 5.74) is 0. The second-order valence-electron chi connectivity index (χ2n) is 10.2. The van der Waals surface area contributed by atoms with Gasteiger partial charge in [0.25, 0.3) is 0 Å². The molecule has 33 heavy (non-hydrogen) atoms. The van der Waals surface area contributed by atoms with Crippen molar-refractivity contribution in [1.82, 2.24) is 5.32 Å². The molecular weight excluding hydrogens is 406 g/mol. The first kappa shape index (κ1) is 29.9. The molecule has 0 aliphatic carbocycles. The molecule has 3 unspecified atom stereocenters. The third-order valence-corrected chi connectivity index (χ3v) is 7.55. The van der Waals surface area contributed by atoms with Gasteiger partial charge in [-0.3, -0.25) is 9.28 Å². The number of aliphatic imine (C=N–C) groups is 1. The van der Waals surface area contributed by atoms with E-state index in [1.165, 1.54) is 96.3 Å². The molecule has 1 N–H and O–H groups in total. The fourth-order valence-electron chi connectivity index (χ4n) is 5.30. The summed E-state index contributed by atoms with van der Waals surface area (Å²) >= 11 is 0. The summed E-state index contributed by atoms with van der Waals surface area (Å²) in [6, 6.07) is 0. The summed E-state index contributed by atoms with van der Waals surface area (Å²) in [5, 5.41) is 3.10. The maximum Gasteiger partial charge on any atom is 0.221 e. The molecule has 0 spiro atoms. The van der Waals surface area contributed by atoms with Crippen molar-refractivity contribution >= 4 is 12.1 Å². The van der Waals surface area contributed by atoms with Gasteiger partial charge in [0.15, 0.2) is 12.3 Å². The van der Waals surface area contributed by atoms with Gasteiger partial charge in [-0.25, -0.2) is 4.99 Å². The molecular formula is C29H56N3O+. The Labute approximate surface area is 206 Å². The van der Waals surface area contributed by atoms with Crippen molar-refractivity contribution in [3.63, 3.8) is 0 Å². The molecule has 1 aliphatic rings. The first-order chi connectivity index (χ1) is 16.1. The van der Waals surface area contributed by atoms with Crippen LogP contribution in [0.15, 0.2) is 17.1 Å². The summed E-state index contributed by atoms with van der Waals surface area (Å²) in [7, 11) is 0. The molecule has 0 saturated heterocycles. The van der Waals surface area contributed by atoms with Crippen LogP contribution in [0, 0.1) is 0 Å². The second kappa shape index (κ2) is 19.2. The van der Waals surface area contributed by atoms with Crippen molar-refractivity contribution in [3.05, 3.63) is 12.2 Å². The molecule has 0 aromatic heterocycles. The molecule has 192 valence electrons. The number of carbonyl (C=O) groups is 1. The maximum atomic E-state index is 11.5. The average molecular weight is 463 g/mol. The maximum absolute atomic E-state index is 11.5. The Morgan fingerprint density at radius 1 is 0.909 bits per heavy atom. The van der Waals surface area contributed by atoms with Crippen molar-refractivity contribution < 1.29 is 9.28 Å². The molecule has 0 saturated carbocycles. The first-order valence-electron chi connectivity index (χ1n) is 14.4. The summed E-state index contributed by atoms with van der Waals surface area (Å²) < 4.78 is 0.854. The Kier molecular flexibility index (Phi) is 17.4. The van der Waals surface area contributed by atoms with Crippen LogP contribution in [-0.4, -0.2) is 42.0 Å². The molecule has 0 fully saturated rings. The molecule has 0 aromatic rings. The lowest BCUT2D eigenvalue weighted by Gasteiger charge is -2.42. The van der Waals surface area contributed by atoms with E-state index in [9.17, 15) is 4.79 Å². The van der Waals surface area contributed by atoms with E-state index in [-0.39, 0.29) is 18.2 Å². The molecule has 0 aromatic carbocycles. The Hall–Kier alpha value is -1.16. The standard InChI is InChI=1S/C29H55N3O/c1-5-7-8-9-10-11-12-13-14-15-16-17-18-19-20-21-22-23-24-29-30-25-26-32(29,6-2)27(3)31-28(4)33/h21-22,25,27,29H,5-20,23-24,26H2,1-4H3/p+1/b22-21+. The number of nitrogens with zero attached hydrogens (tertiary/aromatic N) is 2. The van der Waals surface area contributed by atoms with E-state index in [0.29, 0.717) is 0 Å². The van der Waals surface area contributed by atoms with Gasteiger partial charge >= 0.3 is 0 Å². The third kappa shape index (κ3) is 12.8. The SMILES string of the molecule is CCCCCCCCCCCCCCCC/C=C/CCC1N=CC[N+]1(CC)C(C)NC(C)=O. The van der Waals surface area contributed by atoms with Gasteiger partial charge in [-0.2, -0.15) is 0 Å². The minimum atomic E-state index is 0.0483. The summed E-state index contributed by atoms with van der Waals surface area (Å²) in [6.07, 6.45) is 30.4. The van der Waals surface area contributed by atoms with Crippen LogP contribution < -0.4 is 5.32 Å². The second-order valence-corrected chi connectivity index (χ2v) is 10.2. The van der Waals surface area contributed by atoms with E-state index in [0.717, 1.165) is 30.4 Å². The molecule has 0 radical (unpaired) electrons. The van der Waals surface area contributed by atoms with Crippen LogP contribution >= 0.6 is 0 Å². The van der Waals surface area contributed by atoms with E-state index in [4.69, 9.17) is 4.99 Å². The highest BCUT2D eigenvalue weighted by atomic mass is 16.1. The number of amides is 1. The Morgan fingerprint density at radius 2 is 1.42 bits per heavy atom. The van der Waals surface area contributed by atoms with Gasteiger partial charge in [0.1, 0.15) is 6.54 Å². The van der Waals surface area contributed by atoms with Gasteiger partial charge in [0.2, 0.25) is 5.91 Å². The van der Waals surface area contributed by atoms with Crippen molar-refractivity contribution in [2.45, 2.75) is 149 Å². The highest BCUT2D eigenvalue weighted by Crippen LogP contribution is 2.26. The highest BCUT2D eigenvalue weighted by Gasteiger charge is 2.42. The molecule has 0 bridgehead atoms. The fourth-order valence-corrected chi connectivity index (χ4v) is 5.30. The van der Waals surface area contributed by atoms with Crippen molar-refractivity contribution in [3.8, 4) is 0 Å². The predicted octanol–water partition coefficient (Wildman–Crippen LogP) is 7.92. The van der Waals surface area contributed by atoms with Crippen LogP contribution in [0.25, 0.3) is 0 Å². The van der Waals surface area contributed by atoms with Crippen LogP contribution in [0.3, 0.4) is 0 Å². The molecule has 1 amide bonds. The van der Waals surface area contributed by atoms with Gasteiger partial charge in [-0.1, -0.05) is 103 Å². The van der Waals surface area contributed by atoms with Gasteiger partial charge < -0.3 is 5.32 Å². The largest absolute Gasteiger partial charge is 0.307 e. The predicted molar refractivity (Wildman–Crippen MR) is 145 cm³/mol. The summed E-state index contributed by atoms with van der Waals surface area (Å²) in [5.74, 6) is 0.0483. The zero-order valence-electron chi connectivity index (χ0n) is 22.6. The van der Waals surface area contributed by atoms with E-state index in [2.05, 4.69) is 44.5 Å². The summed E-state index contributed by atoms with van der Waals surface area (Å²) in [4.78, 5) is 16.3. The summed E-state index contributed by atoms with van der Waals surface area (Å²) in [6.45, 7) is 10.2. The third-order valence-electron chi connectivity index (χ3n) is 7.55. The minimum Gasteiger partial charge on any atom is -0.307 e. The number of quaternary nitrogens is 1. The molecule has 1 rings (SSSR count). The van der Waals surface area contributed by atoms with Crippen LogP contribution in [0.5, 0.6) is 0 Å². The lowest BCUT2D eigenvalue weighted by atomic mass is 10.0. The van der Waals surface area contributed by atoms with Gasteiger partial charge in [-0.15, -0.1) is 0 Å². The number of hydrogen-bond acceptors (Lipinski definition) is 2. The topological polar surface area (TPSA) is 41.5 Å². The number of carbonyl (C=O) groups excluding carboxylic acids is 1. The fraction of sp³-hybridized carbons (Fsp3) is 0.862. The Morgan fingerprint density at radius 3 is 1.94 bits per heavy atom. The molecule has 4 heteroatoms. The zero-order chi connectivity index (χ0) is 24.2. The van der Waals surface area contributed by atoms with Crippen molar-refractivity contribution in [2.75, 3.05) is 13.1 Å². The molecule has 1 heterocycles. The van der Waals surface area contributed by atoms with Crippen LogP contribution in [-0.2, 0) is 4.79 Å². The number of hydrogen-bond donors (Lipinski definition) is 1. The average Bonchev–Trinajstić information content (AvgIpc) is 3.22. The number of unbranched alkanes of at least 4 members (excludes halogenated alkanes) is 14. The lowest BCUT2D eigenvalue weighted by Crippen LogP contribution is -2.63.